The summed E-state index contributed by atoms with van der Waals surface area (Å²) in [6, 6.07) is 5.58. The lowest BCUT2D eigenvalue weighted by Gasteiger charge is -2.13. The molecule has 1 atom stereocenters. The second kappa shape index (κ2) is 3.71. The van der Waals surface area contributed by atoms with Gasteiger partial charge in [0.15, 0.2) is 0 Å². The average Bonchev–Trinajstić information content (AvgIpc) is 2.49. The van der Waals surface area contributed by atoms with E-state index in [1.165, 1.54) is 0 Å². The predicted octanol–water partition coefficient (Wildman–Crippen LogP) is 2.12. The Morgan fingerprint density at radius 2 is 2.00 bits per heavy atom. The molecule has 1 aromatic rings. The molecule has 0 saturated heterocycles. The summed E-state index contributed by atoms with van der Waals surface area (Å²) < 4.78 is 23.9. The maximum Gasteiger partial charge on any atom is 0.203 e. The highest BCUT2D eigenvalue weighted by molar-refractivity contribution is 7.95. The van der Waals surface area contributed by atoms with Crippen molar-refractivity contribution >= 4 is 15.9 Å². The molecule has 1 unspecified atom stereocenters. The van der Waals surface area contributed by atoms with Gasteiger partial charge in [-0.1, -0.05) is 12.1 Å². The molecule has 1 aliphatic heterocycles. The van der Waals surface area contributed by atoms with Crippen LogP contribution in [0.2, 0.25) is 0 Å². The molecule has 0 aromatic heterocycles. The van der Waals surface area contributed by atoms with Crippen LogP contribution in [-0.4, -0.2) is 15.5 Å². The molecule has 4 heteroatoms. The van der Waals surface area contributed by atoms with Gasteiger partial charge >= 0.3 is 0 Å². The quantitative estimate of drug-likeness (QED) is 0.857. The van der Waals surface area contributed by atoms with Crippen LogP contribution in [0.5, 0.6) is 0 Å². The van der Waals surface area contributed by atoms with E-state index in [1.54, 1.807) is 25.1 Å². The summed E-state index contributed by atoms with van der Waals surface area (Å²) in [7, 11) is -1.35. The highest BCUT2D eigenvalue weighted by Gasteiger charge is 2.28. The summed E-state index contributed by atoms with van der Waals surface area (Å²) in [4.78, 5) is 0.864. The van der Waals surface area contributed by atoms with Gasteiger partial charge in [0.05, 0.1) is 4.90 Å². The Bertz CT molecular complexity index is 558. The number of rotatable bonds is 2. The third kappa shape index (κ3) is 1.49. The molecular formula is C12H15NO2S. The SMILES string of the molecule is CNC(C)c1cccc2c1C=C(C)S2(=O)=O. The van der Waals surface area contributed by atoms with E-state index in [-0.39, 0.29) is 6.04 Å². The normalized spacial score (nSPS) is 19.1. The maximum atomic E-state index is 12.0. The molecule has 2 rings (SSSR count). The standard InChI is InChI=1S/C12H15NO2S/c1-8-7-11-10(9(2)13-3)5-4-6-12(11)16(8,14)15/h4-7,9,13H,1-3H3. The Morgan fingerprint density at radius 3 is 2.62 bits per heavy atom. The van der Waals surface area contributed by atoms with Crippen LogP contribution < -0.4 is 5.32 Å². The van der Waals surface area contributed by atoms with Crippen LogP contribution in [0, 0.1) is 0 Å². The maximum absolute atomic E-state index is 12.0. The van der Waals surface area contributed by atoms with Crippen LogP contribution in [0.25, 0.3) is 6.08 Å². The smallest absolute Gasteiger partial charge is 0.203 e. The fourth-order valence-corrected chi connectivity index (χ4v) is 3.28. The van der Waals surface area contributed by atoms with E-state index in [1.807, 2.05) is 20.0 Å². The molecule has 0 saturated carbocycles. The summed E-state index contributed by atoms with van der Waals surface area (Å²) in [5.41, 5.74) is 1.86. The van der Waals surface area contributed by atoms with Gasteiger partial charge in [-0.2, -0.15) is 0 Å². The molecule has 16 heavy (non-hydrogen) atoms. The number of benzene rings is 1. The Labute approximate surface area is 96.1 Å². The van der Waals surface area contributed by atoms with E-state index < -0.39 is 9.84 Å². The monoisotopic (exact) mass is 237 g/mol. The first-order valence-electron chi connectivity index (χ1n) is 5.22. The van der Waals surface area contributed by atoms with Crippen molar-refractivity contribution in [2.45, 2.75) is 24.8 Å². The van der Waals surface area contributed by atoms with Gasteiger partial charge in [0.2, 0.25) is 9.84 Å². The number of nitrogens with one attached hydrogen (secondary N) is 1. The van der Waals surface area contributed by atoms with E-state index in [0.29, 0.717) is 9.80 Å². The number of sulfone groups is 1. The van der Waals surface area contributed by atoms with Crippen LogP contribution in [0.1, 0.15) is 31.0 Å². The number of fused-ring (bicyclic) bond motifs is 1. The average molecular weight is 237 g/mol. The van der Waals surface area contributed by atoms with Crippen molar-refractivity contribution in [3.8, 4) is 0 Å². The van der Waals surface area contributed by atoms with Gasteiger partial charge < -0.3 is 5.32 Å². The zero-order chi connectivity index (χ0) is 11.9. The number of allylic oxidation sites excluding steroid dienone is 1. The molecule has 0 amide bonds. The molecule has 0 fully saturated rings. The molecule has 1 N–H and O–H groups in total. The summed E-state index contributed by atoms with van der Waals surface area (Å²) >= 11 is 0. The van der Waals surface area contributed by atoms with Crippen LogP contribution >= 0.6 is 0 Å². The van der Waals surface area contributed by atoms with Crippen molar-refractivity contribution in [3.05, 3.63) is 34.2 Å². The fourth-order valence-electron chi connectivity index (χ4n) is 1.94. The molecule has 0 aliphatic carbocycles. The van der Waals surface area contributed by atoms with Crippen LogP contribution in [0.4, 0.5) is 0 Å². The molecule has 1 heterocycles. The van der Waals surface area contributed by atoms with Crippen LogP contribution in [0.3, 0.4) is 0 Å². The van der Waals surface area contributed by atoms with E-state index in [2.05, 4.69) is 5.32 Å². The van der Waals surface area contributed by atoms with Gasteiger partial charge in [0, 0.05) is 10.9 Å². The van der Waals surface area contributed by atoms with E-state index >= 15 is 0 Å². The first-order valence-corrected chi connectivity index (χ1v) is 6.70. The summed E-state index contributed by atoms with van der Waals surface area (Å²) in [5, 5.41) is 3.13. The highest BCUT2D eigenvalue weighted by atomic mass is 32.2. The lowest BCUT2D eigenvalue weighted by Crippen LogP contribution is -2.13. The van der Waals surface area contributed by atoms with Gasteiger partial charge in [-0.05, 0) is 44.2 Å². The molecule has 1 aliphatic rings. The van der Waals surface area contributed by atoms with Crippen molar-refractivity contribution in [3.63, 3.8) is 0 Å². The first kappa shape index (κ1) is 11.4. The van der Waals surface area contributed by atoms with Gasteiger partial charge in [-0.25, -0.2) is 8.42 Å². The minimum atomic E-state index is -3.22. The zero-order valence-corrected chi connectivity index (χ0v) is 10.4. The van der Waals surface area contributed by atoms with E-state index in [0.717, 1.165) is 11.1 Å². The van der Waals surface area contributed by atoms with E-state index in [4.69, 9.17) is 0 Å². The largest absolute Gasteiger partial charge is 0.313 e. The second-order valence-corrected chi connectivity index (χ2v) is 6.12. The highest BCUT2D eigenvalue weighted by Crippen LogP contribution is 2.36. The van der Waals surface area contributed by atoms with Crippen LogP contribution in [0.15, 0.2) is 28.0 Å². The lowest BCUT2D eigenvalue weighted by molar-refractivity contribution is 0.602. The third-order valence-electron chi connectivity index (χ3n) is 3.06. The van der Waals surface area contributed by atoms with Gasteiger partial charge in [0.1, 0.15) is 0 Å². The van der Waals surface area contributed by atoms with Crippen molar-refractivity contribution < 1.29 is 8.42 Å². The Morgan fingerprint density at radius 1 is 1.31 bits per heavy atom. The van der Waals surface area contributed by atoms with Crippen molar-refractivity contribution in [2.24, 2.45) is 0 Å². The second-order valence-electron chi connectivity index (χ2n) is 4.03. The van der Waals surface area contributed by atoms with Gasteiger partial charge in [-0.15, -0.1) is 0 Å². The van der Waals surface area contributed by atoms with Gasteiger partial charge in [-0.3, -0.25) is 0 Å². The number of hydrogen-bond donors (Lipinski definition) is 1. The lowest BCUT2D eigenvalue weighted by atomic mass is 10.0. The Hall–Kier alpha value is -1.13. The minimum Gasteiger partial charge on any atom is -0.313 e. The van der Waals surface area contributed by atoms with E-state index in [9.17, 15) is 8.42 Å². The molecule has 0 bridgehead atoms. The molecule has 86 valence electrons. The zero-order valence-electron chi connectivity index (χ0n) is 9.61. The Kier molecular flexibility index (Phi) is 2.64. The summed E-state index contributed by atoms with van der Waals surface area (Å²) in [6.07, 6.45) is 1.76. The third-order valence-corrected chi connectivity index (χ3v) is 4.96. The van der Waals surface area contributed by atoms with Crippen molar-refractivity contribution in [1.29, 1.82) is 0 Å². The first-order chi connectivity index (χ1) is 7.48. The Balaban J connectivity index is 2.69. The van der Waals surface area contributed by atoms with Crippen LogP contribution in [-0.2, 0) is 9.84 Å². The van der Waals surface area contributed by atoms with Gasteiger partial charge in [0.25, 0.3) is 0 Å². The summed E-state index contributed by atoms with van der Waals surface area (Å²) in [5.74, 6) is 0. The topological polar surface area (TPSA) is 46.2 Å². The molecule has 0 spiro atoms. The molecule has 1 aromatic carbocycles. The van der Waals surface area contributed by atoms with Crippen molar-refractivity contribution in [1.82, 2.24) is 5.32 Å². The predicted molar refractivity (Wildman–Crippen MR) is 64.8 cm³/mol. The fraction of sp³-hybridized carbons (Fsp3) is 0.333. The molecule has 3 nitrogen and oxygen atoms in total. The van der Waals surface area contributed by atoms with Crippen molar-refractivity contribution in [2.75, 3.05) is 7.05 Å². The number of hydrogen-bond acceptors (Lipinski definition) is 3. The molecule has 0 radical (unpaired) electrons. The summed E-state index contributed by atoms with van der Waals surface area (Å²) in [6.45, 7) is 3.66. The molecular weight excluding hydrogens is 222 g/mol. The minimum absolute atomic E-state index is 0.146.